The maximum atomic E-state index is 12.2. The van der Waals surface area contributed by atoms with Gasteiger partial charge in [-0.15, -0.1) is 0 Å². The Morgan fingerprint density at radius 3 is 2.29 bits per heavy atom. The first kappa shape index (κ1) is 17.0. The lowest BCUT2D eigenvalue weighted by molar-refractivity contribution is 0.0779. The molecule has 1 aromatic rings. The van der Waals surface area contributed by atoms with E-state index < -0.39 is 0 Å². The molecule has 0 spiro atoms. The van der Waals surface area contributed by atoms with Crippen LogP contribution in [0.1, 0.15) is 0 Å². The highest BCUT2D eigenvalue weighted by Gasteiger charge is 2.22. The van der Waals surface area contributed by atoms with Gasteiger partial charge in [0.15, 0.2) is 0 Å². The van der Waals surface area contributed by atoms with E-state index in [-0.39, 0.29) is 6.09 Å². The molecule has 0 atom stereocenters. The number of likely N-dealkylation sites (N-methyl/N-ethyl adjacent to an activating group) is 1. The monoisotopic (exact) mass is 332 g/mol. The summed E-state index contributed by atoms with van der Waals surface area (Å²) in [5, 5.41) is 0. The third-order valence-electron chi connectivity index (χ3n) is 4.89. The molecule has 6 heteroatoms. The molecule has 2 saturated heterocycles. The van der Waals surface area contributed by atoms with Gasteiger partial charge in [0.25, 0.3) is 0 Å². The molecule has 1 aromatic carbocycles. The first-order valence-electron chi connectivity index (χ1n) is 8.85. The molecule has 0 unspecified atom stereocenters. The Bertz CT molecular complexity index is 509. The summed E-state index contributed by atoms with van der Waals surface area (Å²) in [5.41, 5.74) is 1.22. The molecule has 1 amide bonds. The van der Waals surface area contributed by atoms with Crippen molar-refractivity contribution in [3.8, 4) is 0 Å². The minimum absolute atomic E-state index is 0.170. The minimum atomic E-state index is -0.170. The number of ether oxygens (including phenoxy) is 1. The third-order valence-corrected chi connectivity index (χ3v) is 4.89. The van der Waals surface area contributed by atoms with Gasteiger partial charge in [0.05, 0.1) is 0 Å². The van der Waals surface area contributed by atoms with Crippen molar-refractivity contribution in [2.45, 2.75) is 0 Å². The second kappa shape index (κ2) is 8.35. The first-order chi connectivity index (χ1) is 11.7. The molecule has 6 nitrogen and oxygen atoms in total. The molecule has 0 radical (unpaired) electrons. The van der Waals surface area contributed by atoms with Crippen LogP contribution < -0.4 is 4.90 Å². The number of carbonyl (C=O) groups excluding carboxylic acids is 1. The van der Waals surface area contributed by atoms with E-state index in [4.69, 9.17) is 4.74 Å². The average molecular weight is 332 g/mol. The molecule has 0 aromatic heterocycles. The van der Waals surface area contributed by atoms with Gasteiger partial charge < -0.3 is 19.4 Å². The normalized spacial score (nSPS) is 20.2. The molecule has 3 rings (SSSR count). The zero-order valence-corrected chi connectivity index (χ0v) is 14.6. The number of benzene rings is 1. The fourth-order valence-electron chi connectivity index (χ4n) is 3.21. The number of amides is 1. The molecule has 132 valence electrons. The van der Waals surface area contributed by atoms with Crippen LogP contribution in [0.5, 0.6) is 0 Å². The van der Waals surface area contributed by atoms with E-state index in [0.717, 1.165) is 58.9 Å². The number of carbonyl (C=O) groups is 1. The van der Waals surface area contributed by atoms with Gasteiger partial charge >= 0.3 is 6.09 Å². The summed E-state index contributed by atoms with van der Waals surface area (Å²) in [6.07, 6.45) is -0.170. The zero-order valence-electron chi connectivity index (χ0n) is 14.6. The largest absolute Gasteiger partial charge is 0.448 e. The van der Waals surface area contributed by atoms with Crippen molar-refractivity contribution in [3.05, 3.63) is 30.3 Å². The van der Waals surface area contributed by atoms with Gasteiger partial charge in [-0.3, -0.25) is 4.90 Å². The number of para-hydroxylation sites is 1. The van der Waals surface area contributed by atoms with Crippen LogP contribution in [0.2, 0.25) is 0 Å². The average Bonchev–Trinajstić information content (AvgIpc) is 2.64. The van der Waals surface area contributed by atoms with Crippen LogP contribution >= 0.6 is 0 Å². The molecule has 2 heterocycles. The van der Waals surface area contributed by atoms with Crippen molar-refractivity contribution < 1.29 is 9.53 Å². The fraction of sp³-hybridized carbons (Fsp3) is 0.611. The smallest absolute Gasteiger partial charge is 0.409 e. The quantitative estimate of drug-likeness (QED) is 0.828. The predicted octanol–water partition coefficient (Wildman–Crippen LogP) is 1.19. The Balaban J connectivity index is 1.35. The van der Waals surface area contributed by atoms with Crippen LogP contribution in [0.3, 0.4) is 0 Å². The van der Waals surface area contributed by atoms with Crippen molar-refractivity contribution in [2.24, 2.45) is 0 Å². The topological polar surface area (TPSA) is 39.3 Å². The van der Waals surface area contributed by atoms with Crippen molar-refractivity contribution in [1.29, 1.82) is 0 Å². The summed E-state index contributed by atoms with van der Waals surface area (Å²) >= 11 is 0. The Labute approximate surface area is 144 Å². The Morgan fingerprint density at radius 1 is 0.958 bits per heavy atom. The second-order valence-electron chi connectivity index (χ2n) is 6.57. The SMILES string of the molecule is CN1CCN(CCOC(=O)N2CCN(c3ccccc3)CC2)CC1. The highest BCUT2D eigenvalue weighted by atomic mass is 16.6. The molecule has 0 saturated carbocycles. The van der Waals surface area contributed by atoms with Gasteiger partial charge in [0, 0.05) is 64.6 Å². The second-order valence-corrected chi connectivity index (χ2v) is 6.57. The minimum Gasteiger partial charge on any atom is -0.448 e. The summed E-state index contributed by atoms with van der Waals surface area (Å²) in [5.74, 6) is 0. The molecule has 24 heavy (non-hydrogen) atoms. The summed E-state index contributed by atoms with van der Waals surface area (Å²) in [6.45, 7) is 8.79. The van der Waals surface area contributed by atoms with Crippen LogP contribution in [0.25, 0.3) is 0 Å². The van der Waals surface area contributed by atoms with Crippen molar-refractivity contribution in [3.63, 3.8) is 0 Å². The van der Waals surface area contributed by atoms with Crippen molar-refractivity contribution >= 4 is 11.8 Å². The predicted molar refractivity (Wildman–Crippen MR) is 95.5 cm³/mol. The summed E-state index contributed by atoms with van der Waals surface area (Å²) in [6, 6.07) is 10.4. The molecular formula is C18H28N4O2. The highest BCUT2D eigenvalue weighted by Crippen LogP contribution is 2.15. The van der Waals surface area contributed by atoms with E-state index in [1.54, 1.807) is 0 Å². The fourth-order valence-corrected chi connectivity index (χ4v) is 3.21. The van der Waals surface area contributed by atoms with E-state index >= 15 is 0 Å². The molecule has 2 aliphatic rings. The van der Waals surface area contributed by atoms with E-state index in [1.807, 2.05) is 23.1 Å². The van der Waals surface area contributed by atoms with Gasteiger partial charge in [0.1, 0.15) is 6.61 Å². The van der Waals surface area contributed by atoms with Crippen molar-refractivity contribution in [1.82, 2.24) is 14.7 Å². The lowest BCUT2D eigenvalue weighted by Crippen LogP contribution is -2.49. The van der Waals surface area contributed by atoms with E-state index in [0.29, 0.717) is 6.61 Å². The van der Waals surface area contributed by atoms with Gasteiger partial charge in [-0.2, -0.15) is 0 Å². The highest BCUT2D eigenvalue weighted by molar-refractivity contribution is 5.68. The van der Waals surface area contributed by atoms with E-state index in [9.17, 15) is 4.79 Å². The van der Waals surface area contributed by atoms with Crippen LogP contribution in [-0.4, -0.2) is 93.4 Å². The van der Waals surface area contributed by atoms with Gasteiger partial charge in [0.2, 0.25) is 0 Å². The lowest BCUT2D eigenvalue weighted by atomic mass is 10.2. The Morgan fingerprint density at radius 2 is 1.62 bits per heavy atom. The Kier molecular flexibility index (Phi) is 5.93. The number of rotatable bonds is 4. The first-order valence-corrected chi connectivity index (χ1v) is 8.85. The molecule has 0 aliphatic carbocycles. The van der Waals surface area contributed by atoms with Crippen LogP contribution in [0.15, 0.2) is 30.3 Å². The van der Waals surface area contributed by atoms with Gasteiger partial charge in [-0.1, -0.05) is 18.2 Å². The third kappa shape index (κ3) is 4.61. The summed E-state index contributed by atoms with van der Waals surface area (Å²) in [4.78, 5) is 21.0. The van der Waals surface area contributed by atoms with Gasteiger partial charge in [-0.05, 0) is 19.2 Å². The molecule has 0 bridgehead atoms. The van der Waals surface area contributed by atoms with Crippen LogP contribution in [0, 0.1) is 0 Å². The maximum absolute atomic E-state index is 12.2. The maximum Gasteiger partial charge on any atom is 0.409 e. The number of hydrogen-bond acceptors (Lipinski definition) is 5. The molecule has 2 aliphatic heterocycles. The number of nitrogens with zero attached hydrogens (tertiary/aromatic N) is 4. The number of hydrogen-bond donors (Lipinski definition) is 0. The number of anilines is 1. The zero-order chi connectivity index (χ0) is 16.8. The lowest BCUT2D eigenvalue weighted by Gasteiger charge is -2.36. The number of piperazine rings is 2. The van der Waals surface area contributed by atoms with Crippen LogP contribution in [-0.2, 0) is 4.74 Å². The van der Waals surface area contributed by atoms with E-state index in [1.165, 1.54) is 5.69 Å². The molecule has 0 N–H and O–H groups in total. The van der Waals surface area contributed by atoms with Gasteiger partial charge in [-0.25, -0.2) is 4.79 Å². The Hall–Kier alpha value is -1.79. The van der Waals surface area contributed by atoms with E-state index in [2.05, 4.69) is 33.9 Å². The standard InChI is InChI=1S/C18H28N4O2/c1-19-7-9-20(10-8-19)15-16-24-18(23)22-13-11-21(12-14-22)17-5-3-2-4-6-17/h2-6H,7-16H2,1H3. The summed E-state index contributed by atoms with van der Waals surface area (Å²) < 4.78 is 5.47. The molecule has 2 fully saturated rings. The van der Waals surface area contributed by atoms with Crippen LogP contribution in [0.4, 0.5) is 10.5 Å². The summed E-state index contributed by atoms with van der Waals surface area (Å²) in [7, 11) is 2.15. The van der Waals surface area contributed by atoms with Crippen molar-refractivity contribution in [2.75, 3.05) is 77.5 Å². The molecular weight excluding hydrogens is 304 g/mol.